The van der Waals surface area contributed by atoms with Crippen molar-refractivity contribution in [2.45, 2.75) is 17.9 Å². The van der Waals surface area contributed by atoms with E-state index < -0.39 is 22.0 Å². The summed E-state index contributed by atoms with van der Waals surface area (Å²) in [7, 11) is -3.67. The van der Waals surface area contributed by atoms with Crippen molar-refractivity contribution in [2.75, 3.05) is 32.8 Å². The van der Waals surface area contributed by atoms with Crippen LogP contribution in [0.4, 0.5) is 0 Å². The van der Waals surface area contributed by atoms with Gasteiger partial charge < -0.3 is 14.8 Å². The van der Waals surface area contributed by atoms with E-state index in [4.69, 9.17) is 16.3 Å². The maximum Gasteiger partial charge on any atom is 0.325 e. The summed E-state index contributed by atoms with van der Waals surface area (Å²) in [6.45, 7) is 3.37. The van der Waals surface area contributed by atoms with Crippen molar-refractivity contribution < 1.29 is 23.1 Å². The fraction of sp³-hybridized carbons (Fsp3) is 0.318. The second-order valence-electron chi connectivity index (χ2n) is 7.52. The van der Waals surface area contributed by atoms with Gasteiger partial charge in [0.15, 0.2) is 0 Å². The number of halogens is 1. The van der Waals surface area contributed by atoms with E-state index in [0.717, 1.165) is 10.9 Å². The average Bonchev–Trinajstić information content (AvgIpc) is 3.17. The van der Waals surface area contributed by atoms with Crippen molar-refractivity contribution in [2.24, 2.45) is 0 Å². The summed E-state index contributed by atoms with van der Waals surface area (Å²) in [5, 5.41) is 11.3. The molecule has 0 radical (unpaired) electrons. The number of fused-ring (bicyclic) bond motifs is 1. The molecule has 1 aromatic heterocycles. The number of aromatic nitrogens is 1. The molecule has 0 amide bonds. The lowest BCUT2D eigenvalue weighted by atomic mass is 10.0. The molecule has 4 rings (SSSR count). The fourth-order valence-electron chi connectivity index (χ4n) is 4.06. The largest absolute Gasteiger partial charge is 0.494 e. The van der Waals surface area contributed by atoms with E-state index in [2.05, 4.69) is 4.98 Å². The smallest absolute Gasteiger partial charge is 0.325 e. The van der Waals surface area contributed by atoms with E-state index in [9.17, 15) is 18.3 Å². The maximum atomic E-state index is 13.0. The average molecular weight is 478 g/mol. The number of carboxylic acid groups (broad SMARTS) is 1. The molecule has 2 heterocycles. The Hall–Kier alpha value is -2.59. The summed E-state index contributed by atoms with van der Waals surface area (Å²) in [5.74, 6) is -0.371. The van der Waals surface area contributed by atoms with Gasteiger partial charge in [0.2, 0.25) is 10.0 Å². The highest BCUT2D eigenvalue weighted by Gasteiger charge is 2.35. The highest BCUT2D eigenvalue weighted by atomic mass is 35.5. The molecule has 2 N–H and O–H groups in total. The molecule has 1 aliphatic rings. The predicted molar refractivity (Wildman–Crippen MR) is 122 cm³/mol. The summed E-state index contributed by atoms with van der Waals surface area (Å²) in [4.78, 5) is 17.2. The zero-order valence-corrected chi connectivity index (χ0v) is 19.1. The Morgan fingerprint density at radius 3 is 2.47 bits per heavy atom. The Labute approximate surface area is 191 Å². The van der Waals surface area contributed by atoms with Crippen LogP contribution in [0.15, 0.2) is 53.6 Å². The van der Waals surface area contributed by atoms with E-state index >= 15 is 0 Å². The van der Waals surface area contributed by atoms with Crippen LogP contribution in [0.3, 0.4) is 0 Å². The lowest BCUT2D eigenvalue weighted by Gasteiger charge is -2.37. The van der Waals surface area contributed by atoms with Crippen molar-refractivity contribution in [1.82, 2.24) is 14.2 Å². The Balaban J connectivity index is 1.51. The first kappa shape index (κ1) is 22.6. The van der Waals surface area contributed by atoms with Crippen LogP contribution in [0.5, 0.6) is 5.75 Å². The third-order valence-corrected chi connectivity index (χ3v) is 7.76. The SMILES string of the molecule is CCOc1ccc(S(=O)(=O)N2CCN(C(C(=O)O)c3c[nH]c4cc(Cl)ccc34)CC2)cc1. The summed E-state index contributed by atoms with van der Waals surface area (Å²) in [6.07, 6.45) is 1.68. The first-order chi connectivity index (χ1) is 15.3. The Morgan fingerprint density at radius 1 is 1.16 bits per heavy atom. The number of benzene rings is 2. The van der Waals surface area contributed by atoms with Crippen molar-refractivity contribution in [3.8, 4) is 5.75 Å². The van der Waals surface area contributed by atoms with Crippen molar-refractivity contribution in [3.05, 3.63) is 59.2 Å². The van der Waals surface area contributed by atoms with Gasteiger partial charge in [0.1, 0.15) is 11.8 Å². The first-order valence-electron chi connectivity index (χ1n) is 10.3. The van der Waals surface area contributed by atoms with Gasteiger partial charge in [0.25, 0.3) is 0 Å². The molecule has 0 saturated carbocycles. The van der Waals surface area contributed by atoms with Crippen molar-refractivity contribution in [1.29, 1.82) is 0 Å². The molecular weight excluding hydrogens is 454 g/mol. The minimum absolute atomic E-state index is 0.192. The zero-order chi connectivity index (χ0) is 22.9. The third kappa shape index (κ3) is 4.33. The van der Waals surface area contributed by atoms with Crippen LogP contribution in [-0.4, -0.2) is 66.5 Å². The second kappa shape index (κ2) is 9.11. The van der Waals surface area contributed by atoms with Crippen LogP contribution in [0.25, 0.3) is 10.9 Å². The summed E-state index contributed by atoms with van der Waals surface area (Å²) in [5.41, 5.74) is 1.39. The number of H-pyrrole nitrogens is 1. The molecular formula is C22H24ClN3O5S. The first-order valence-corrected chi connectivity index (χ1v) is 12.1. The molecule has 3 aromatic rings. The number of aliphatic carboxylic acids is 1. The van der Waals surface area contributed by atoms with Gasteiger partial charge in [-0.05, 0) is 43.3 Å². The van der Waals surface area contributed by atoms with Gasteiger partial charge in [-0.15, -0.1) is 0 Å². The van der Waals surface area contributed by atoms with Gasteiger partial charge in [0.05, 0.1) is 11.5 Å². The molecule has 170 valence electrons. The molecule has 2 aromatic carbocycles. The number of sulfonamides is 1. The monoisotopic (exact) mass is 477 g/mol. The quantitative estimate of drug-likeness (QED) is 0.541. The fourth-order valence-corrected chi connectivity index (χ4v) is 5.65. The lowest BCUT2D eigenvalue weighted by Crippen LogP contribution is -2.50. The number of nitrogens with one attached hydrogen (secondary N) is 1. The van der Waals surface area contributed by atoms with E-state index in [1.807, 2.05) is 6.92 Å². The Morgan fingerprint density at radius 2 is 1.84 bits per heavy atom. The molecule has 32 heavy (non-hydrogen) atoms. The molecule has 1 aliphatic heterocycles. The van der Waals surface area contributed by atoms with Gasteiger partial charge in [-0.3, -0.25) is 9.69 Å². The van der Waals surface area contributed by atoms with Gasteiger partial charge in [-0.25, -0.2) is 8.42 Å². The van der Waals surface area contributed by atoms with Crippen LogP contribution >= 0.6 is 11.6 Å². The number of aromatic amines is 1. The molecule has 0 aliphatic carbocycles. The summed E-state index contributed by atoms with van der Waals surface area (Å²) >= 11 is 6.04. The molecule has 1 saturated heterocycles. The van der Waals surface area contributed by atoms with Gasteiger partial charge in [-0.1, -0.05) is 17.7 Å². The zero-order valence-electron chi connectivity index (χ0n) is 17.5. The number of nitrogens with zero attached hydrogens (tertiary/aromatic N) is 2. The molecule has 8 nitrogen and oxygen atoms in total. The van der Waals surface area contributed by atoms with E-state index in [-0.39, 0.29) is 18.0 Å². The number of ether oxygens (including phenoxy) is 1. The number of rotatable bonds is 7. The highest BCUT2D eigenvalue weighted by molar-refractivity contribution is 7.89. The number of piperazine rings is 1. The topological polar surface area (TPSA) is 103 Å². The molecule has 10 heteroatoms. The summed E-state index contributed by atoms with van der Waals surface area (Å²) < 4.78 is 32.8. The molecule has 0 bridgehead atoms. The van der Waals surface area contributed by atoms with E-state index in [1.165, 1.54) is 16.4 Å². The predicted octanol–water partition coefficient (Wildman–Crippen LogP) is 3.35. The molecule has 1 fully saturated rings. The Bertz CT molecular complexity index is 1220. The number of hydrogen-bond donors (Lipinski definition) is 2. The van der Waals surface area contributed by atoms with E-state index in [0.29, 0.717) is 36.0 Å². The number of hydrogen-bond acceptors (Lipinski definition) is 5. The molecule has 0 spiro atoms. The third-order valence-electron chi connectivity index (χ3n) is 5.62. The Kier molecular flexibility index (Phi) is 6.43. The highest BCUT2D eigenvalue weighted by Crippen LogP contribution is 2.31. The minimum atomic E-state index is -3.67. The normalized spacial score (nSPS) is 16.8. The number of carbonyl (C=O) groups is 1. The van der Waals surface area contributed by atoms with Crippen molar-refractivity contribution >= 4 is 38.5 Å². The van der Waals surface area contributed by atoms with Crippen LogP contribution in [0, 0.1) is 0 Å². The van der Waals surface area contributed by atoms with Gasteiger partial charge in [0, 0.05) is 53.9 Å². The summed E-state index contributed by atoms with van der Waals surface area (Å²) in [6, 6.07) is 10.7. The van der Waals surface area contributed by atoms with E-state index in [1.54, 1.807) is 41.4 Å². The standard InChI is InChI=1S/C22H24ClN3O5S/c1-2-31-16-4-6-17(7-5-16)32(29,30)26-11-9-25(10-12-26)21(22(27)28)19-14-24-20-13-15(23)3-8-18(19)20/h3-8,13-14,21,24H,2,9-12H2,1H3,(H,27,28). The molecule has 1 atom stereocenters. The van der Waals surface area contributed by atoms with Crippen LogP contribution in [0.1, 0.15) is 18.5 Å². The van der Waals surface area contributed by atoms with Crippen LogP contribution < -0.4 is 4.74 Å². The second-order valence-corrected chi connectivity index (χ2v) is 9.89. The van der Waals surface area contributed by atoms with Crippen LogP contribution in [-0.2, 0) is 14.8 Å². The lowest BCUT2D eigenvalue weighted by molar-refractivity contribution is -0.144. The number of carboxylic acids is 1. The van der Waals surface area contributed by atoms with Crippen molar-refractivity contribution in [3.63, 3.8) is 0 Å². The maximum absolute atomic E-state index is 13.0. The van der Waals surface area contributed by atoms with Gasteiger partial charge >= 0.3 is 5.97 Å². The minimum Gasteiger partial charge on any atom is -0.494 e. The van der Waals surface area contributed by atoms with Crippen LogP contribution in [0.2, 0.25) is 5.02 Å². The van der Waals surface area contributed by atoms with Gasteiger partial charge in [-0.2, -0.15) is 4.31 Å². The molecule has 1 unspecified atom stereocenters.